The number of nitrogens with two attached hydrogens (primary N) is 1. The zero-order valence-electron chi connectivity index (χ0n) is 12.7. The van der Waals surface area contributed by atoms with Crippen molar-refractivity contribution in [2.75, 3.05) is 7.11 Å². The van der Waals surface area contributed by atoms with Gasteiger partial charge in [-0.1, -0.05) is 49.9 Å². The Bertz CT molecular complexity index is 598. The summed E-state index contributed by atoms with van der Waals surface area (Å²) in [7, 11) is 1.81. The van der Waals surface area contributed by atoms with Crippen LogP contribution >= 0.6 is 0 Å². The fourth-order valence-corrected chi connectivity index (χ4v) is 3.63. The molecule has 0 spiro atoms. The third-order valence-corrected chi connectivity index (χ3v) is 4.92. The molecule has 3 heteroatoms. The van der Waals surface area contributed by atoms with Gasteiger partial charge in [0.25, 0.3) is 0 Å². The minimum absolute atomic E-state index is 0.126. The third kappa shape index (κ3) is 2.68. The molecule has 0 saturated heterocycles. The lowest BCUT2D eigenvalue weighted by Crippen LogP contribution is -2.42. The Kier molecular flexibility index (Phi) is 4.22. The van der Waals surface area contributed by atoms with Gasteiger partial charge in [-0.2, -0.15) is 0 Å². The summed E-state index contributed by atoms with van der Waals surface area (Å²) >= 11 is 0. The van der Waals surface area contributed by atoms with Gasteiger partial charge in [0.05, 0.1) is 17.2 Å². The van der Waals surface area contributed by atoms with Crippen LogP contribution in [0.4, 0.5) is 0 Å². The Balaban J connectivity index is 2.03. The van der Waals surface area contributed by atoms with Crippen LogP contribution in [-0.2, 0) is 4.74 Å². The van der Waals surface area contributed by atoms with Gasteiger partial charge in [-0.3, -0.25) is 4.98 Å². The fraction of sp³-hybridized carbons (Fsp3) is 0.500. The summed E-state index contributed by atoms with van der Waals surface area (Å²) in [6.07, 6.45) is 8.86. The van der Waals surface area contributed by atoms with Crippen molar-refractivity contribution in [3.63, 3.8) is 0 Å². The average molecular weight is 284 g/mol. The van der Waals surface area contributed by atoms with Crippen LogP contribution in [0.15, 0.2) is 36.5 Å². The second kappa shape index (κ2) is 6.12. The number of para-hydroxylation sites is 1. The van der Waals surface area contributed by atoms with Crippen LogP contribution in [0.3, 0.4) is 0 Å². The predicted octanol–water partition coefficient (Wildman–Crippen LogP) is 3.97. The predicted molar refractivity (Wildman–Crippen MR) is 86.1 cm³/mol. The molecule has 1 heterocycles. The van der Waals surface area contributed by atoms with Crippen molar-refractivity contribution in [1.29, 1.82) is 0 Å². The second-order valence-electron chi connectivity index (χ2n) is 6.08. The summed E-state index contributed by atoms with van der Waals surface area (Å²) in [4.78, 5) is 4.55. The van der Waals surface area contributed by atoms with Crippen molar-refractivity contribution in [3.05, 3.63) is 42.1 Å². The van der Waals surface area contributed by atoms with E-state index in [-0.39, 0.29) is 11.6 Å². The van der Waals surface area contributed by atoms with E-state index < -0.39 is 0 Å². The van der Waals surface area contributed by atoms with Crippen LogP contribution in [0.1, 0.15) is 50.1 Å². The molecule has 1 atom stereocenters. The molecule has 21 heavy (non-hydrogen) atoms. The molecule has 1 aliphatic carbocycles. The van der Waals surface area contributed by atoms with Crippen molar-refractivity contribution in [2.45, 2.75) is 50.2 Å². The van der Waals surface area contributed by atoms with E-state index in [2.05, 4.69) is 29.2 Å². The highest BCUT2D eigenvalue weighted by Crippen LogP contribution is 2.40. The van der Waals surface area contributed by atoms with E-state index in [9.17, 15) is 0 Å². The molecular weight excluding hydrogens is 260 g/mol. The third-order valence-electron chi connectivity index (χ3n) is 4.92. The largest absolute Gasteiger partial charge is 0.376 e. The van der Waals surface area contributed by atoms with E-state index in [0.29, 0.717) is 0 Å². The highest BCUT2D eigenvalue weighted by molar-refractivity contribution is 5.82. The minimum Gasteiger partial charge on any atom is -0.376 e. The number of methoxy groups -OCH3 is 1. The van der Waals surface area contributed by atoms with Gasteiger partial charge in [0, 0.05) is 18.7 Å². The number of hydrogen-bond acceptors (Lipinski definition) is 3. The summed E-state index contributed by atoms with van der Waals surface area (Å²) in [5.74, 6) is 0. The zero-order chi connectivity index (χ0) is 14.7. The molecule has 1 aromatic heterocycles. The quantitative estimate of drug-likeness (QED) is 0.867. The maximum absolute atomic E-state index is 6.69. The Labute approximate surface area is 126 Å². The lowest BCUT2D eigenvalue weighted by atomic mass is 9.82. The van der Waals surface area contributed by atoms with E-state index in [1.807, 2.05) is 19.4 Å². The number of benzene rings is 1. The first kappa shape index (κ1) is 14.5. The van der Waals surface area contributed by atoms with Gasteiger partial charge in [-0.15, -0.1) is 0 Å². The minimum atomic E-state index is -0.248. The van der Waals surface area contributed by atoms with Crippen LogP contribution < -0.4 is 5.73 Å². The van der Waals surface area contributed by atoms with Crippen LogP contribution in [0, 0.1) is 0 Å². The van der Waals surface area contributed by atoms with Crippen LogP contribution in [0.5, 0.6) is 0 Å². The van der Waals surface area contributed by atoms with E-state index >= 15 is 0 Å². The molecule has 1 fully saturated rings. The Morgan fingerprint density at radius 2 is 1.81 bits per heavy atom. The number of fused-ring (bicyclic) bond motifs is 1. The highest BCUT2D eigenvalue weighted by atomic mass is 16.5. The molecule has 2 aromatic rings. The van der Waals surface area contributed by atoms with Gasteiger partial charge in [0.2, 0.25) is 0 Å². The number of nitrogens with zero attached hydrogens (tertiary/aromatic N) is 1. The zero-order valence-corrected chi connectivity index (χ0v) is 12.7. The normalized spacial score (nSPS) is 20.1. The van der Waals surface area contributed by atoms with Crippen molar-refractivity contribution < 1.29 is 4.74 Å². The van der Waals surface area contributed by atoms with E-state index in [1.54, 1.807) is 0 Å². The molecule has 3 nitrogen and oxygen atoms in total. The molecule has 3 rings (SSSR count). The summed E-state index contributed by atoms with van der Waals surface area (Å²) < 4.78 is 5.97. The SMILES string of the molecule is COC1(C(N)c2cccc3cccnc23)CCCCCC1. The number of rotatable bonds is 3. The molecule has 0 amide bonds. The maximum atomic E-state index is 6.69. The van der Waals surface area contributed by atoms with E-state index in [4.69, 9.17) is 10.5 Å². The van der Waals surface area contributed by atoms with Gasteiger partial charge in [-0.25, -0.2) is 0 Å². The highest BCUT2D eigenvalue weighted by Gasteiger charge is 2.38. The average Bonchev–Trinajstić information content (AvgIpc) is 2.80. The Morgan fingerprint density at radius 3 is 2.52 bits per heavy atom. The summed E-state index contributed by atoms with van der Waals surface area (Å²) in [5, 5.41) is 1.14. The van der Waals surface area contributed by atoms with Gasteiger partial charge < -0.3 is 10.5 Å². The number of pyridine rings is 1. The van der Waals surface area contributed by atoms with Gasteiger partial charge in [0.15, 0.2) is 0 Å². The summed E-state index contributed by atoms with van der Waals surface area (Å²) in [5.41, 5.74) is 8.55. The maximum Gasteiger partial charge on any atom is 0.0871 e. The summed E-state index contributed by atoms with van der Waals surface area (Å²) in [6, 6.07) is 10.2. The van der Waals surface area contributed by atoms with Gasteiger partial charge >= 0.3 is 0 Å². The summed E-state index contributed by atoms with van der Waals surface area (Å²) in [6.45, 7) is 0. The second-order valence-corrected chi connectivity index (χ2v) is 6.08. The van der Waals surface area contributed by atoms with Gasteiger partial charge in [-0.05, 0) is 24.5 Å². The topological polar surface area (TPSA) is 48.1 Å². The van der Waals surface area contributed by atoms with Crippen LogP contribution in [0.25, 0.3) is 10.9 Å². The Hall–Kier alpha value is -1.45. The number of aromatic nitrogens is 1. The molecule has 0 bridgehead atoms. The van der Waals surface area contributed by atoms with Gasteiger partial charge in [0.1, 0.15) is 0 Å². The first-order valence-electron chi connectivity index (χ1n) is 7.91. The molecular formula is C18H24N2O. The van der Waals surface area contributed by atoms with Crippen molar-refractivity contribution in [2.24, 2.45) is 5.73 Å². The fourth-order valence-electron chi connectivity index (χ4n) is 3.63. The molecule has 1 saturated carbocycles. The standard InChI is InChI=1S/C18H24N2O/c1-21-18(11-4-2-3-5-12-18)17(19)15-10-6-8-14-9-7-13-20-16(14)15/h6-10,13,17H,2-5,11-12,19H2,1H3. The van der Waals surface area contributed by atoms with Crippen molar-refractivity contribution in [3.8, 4) is 0 Å². The molecule has 0 radical (unpaired) electrons. The number of ether oxygens (including phenoxy) is 1. The monoisotopic (exact) mass is 284 g/mol. The molecule has 1 aliphatic rings. The van der Waals surface area contributed by atoms with E-state index in [1.165, 1.54) is 25.7 Å². The Morgan fingerprint density at radius 1 is 1.10 bits per heavy atom. The number of hydrogen-bond donors (Lipinski definition) is 1. The molecule has 1 aromatic carbocycles. The molecule has 0 aliphatic heterocycles. The van der Waals surface area contributed by atoms with E-state index in [0.717, 1.165) is 29.3 Å². The lowest BCUT2D eigenvalue weighted by molar-refractivity contribution is -0.0439. The van der Waals surface area contributed by atoms with Crippen molar-refractivity contribution >= 4 is 10.9 Å². The smallest absolute Gasteiger partial charge is 0.0871 e. The molecule has 112 valence electrons. The molecule has 1 unspecified atom stereocenters. The lowest BCUT2D eigenvalue weighted by Gasteiger charge is -2.37. The molecule has 2 N–H and O–H groups in total. The first-order valence-corrected chi connectivity index (χ1v) is 7.91. The van der Waals surface area contributed by atoms with Crippen molar-refractivity contribution in [1.82, 2.24) is 4.98 Å². The first-order chi connectivity index (χ1) is 10.3. The van der Waals surface area contributed by atoms with Crippen LogP contribution in [-0.4, -0.2) is 17.7 Å². The van der Waals surface area contributed by atoms with Crippen LogP contribution in [0.2, 0.25) is 0 Å².